The van der Waals surface area contributed by atoms with Crippen LogP contribution >= 0.6 is 0 Å². The number of benzene rings is 2. The van der Waals surface area contributed by atoms with Crippen molar-refractivity contribution in [1.82, 2.24) is 0 Å². The van der Waals surface area contributed by atoms with Gasteiger partial charge in [-0.15, -0.1) is 0 Å². The zero-order valence-electron chi connectivity index (χ0n) is 14.8. The standard InChI is InChI=1S/C19H20N2O5/c1-12(2)11-26-19(23)14-4-7-16(8-5-14)20-18(22)15-6-9-17(21(24)25)13(3)10-15/h4-10,12H,11H2,1-3H3,(H,20,22). The van der Waals surface area contributed by atoms with Crippen LogP contribution in [0.3, 0.4) is 0 Å². The minimum atomic E-state index is -0.492. The third-order valence-corrected chi connectivity index (χ3v) is 3.58. The summed E-state index contributed by atoms with van der Waals surface area (Å²) in [6.07, 6.45) is 0. The van der Waals surface area contributed by atoms with Gasteiger partial charge in [-0.05, 0) is 49.2 Å². The van der Waals surface area contributed by atoms with Crippen molar-refractivity contribution in [3.05, 3.63) is 69.3 Å². The Balaban J connectivity index is 2.04. The first-order valence-electron chi connectivity index (χ1n) is 8.11. The summed E-state index contributed by atoms with van der Waals surface area (Å²) in [5, 5.41) is 13.5. The summed E-state index contributed by atoms with van der Waals surface area (Å²) in [6.45, 7) is 5.82. The third kappa shape index (κ3) is 4.89. The lowest BCUT2D eigenvalue weighted by Crippen LogP contribution is -2.13. The minimum absolute atomic E-state index is 0.0363. The van der Waals surface area contributed by atoms with E-state index in [1.165, 1.54) is 18.2 Å². The topological polar surface area (TPSA) is 98.5 Å². The molecule has 1 amide bonds. The second kappa shape index (κ2) is 8.24. The summed E-state index contributed by atoms with van der Waals surface area (Å²) in [6, 6.07) is 10.5. The lowest BCUT2D eigenvalue weighted by molar-refractivity contribution is -0.385. The normalized spacial score (nSPS) is 10.5. The predicted molar refractivity (Wildman–Crippen MR) is 97.3 cm³/mol. The van der Waals surface area contributed by atoms with Gasteiger partial charge in [0.1, 0.15) is 0 Å². The number of nitrogens with one attached hydrogen (secondary N) is 1. The van der Waals surface area contributed by atoms with E-state index in [9.17, 15) is 19.7 Å². The number of amides is 1. The van der Waals surface area contributed by atoms with Crippen LogP contribution in [-0.2, 0) is 4.74 Å². The van der Waals surface area contributed by atoms with Crippen molar-refractivity contribution in [2.24, 2.45) is 5.92 Å². The number of anilines is 1. The van der Waals surface area contributed by atoms with Crippen LogP contribution < -0.4 is 5.32 Å². The Bertz CT molecular complexity index is 828. The number of nitro benzene ring substituents is 1. The highest BCUT2D eigenvalue weighted by Crippen LogP contribution is 2.20. The molecule has 136 valence electrons. The Morgan fingerprint density at radius 1 is 1.12 bits per heavy atom. The van der Waals surface area contributed by atoms with Gasteiger partial charge in [-0.25, -0.2) is 4.79 Å². The van der Waals surface area contributed by atoms with E-state index in [-0.39, 0.29) is 11.6 Å². The van der Waals surface area contributed by atoms with Gasteiger partial charge >= 0.3 is 5.97 Å². The number of ether oxygens (including phenoxy) is 1. The molecular formula is C19H20N2O5. The molecule has 0 bridgehead atoms. The van der Waals surface area contributed by atoms with Crippen LogP contribution in [0.1, 0.15) is 40.1 Å². The number of hydrogen-bond acceptors (Lipinski definition) is 5. The Labute approximate surface area is 151 Å². The zero-order valence-corrected chi connectivity index (χ0v) is 14.8. The smallest absolute Gasteiger partial charge is 0.338 e. The van der Waals surface area contributed by atoms with E-state index in [1.54, 1.807) is 31.2 Å². The molecule has 0 radical (unpaired) electrons. The molecule has 0 aliphatic heterocycles. The molecule has 1 N–H and O–H groups in total. The van der Waals surface area contributed by atoms with E-state index in [0.717, 1.165) is 0 Å². The molecule has 0 spiro atoms. The van der Waals surface area contributed by atoms with Crippen LogP contribution in [0.2, 0.25) is 0 Å². The average Bonchev–Trinajstić information content (AvgIpc) is 2.59. The Morgan fingerprint density at radius 3 is 2.27 bits per heavy atom. The summed E-state index contributed by atoms with van der Waals surface area (Å²) in [7, 11) is 0. The number of nitrogens with zero attached hydrogens (tertiary/aromatic N) is 1. The van der Waals surface area contributed by atoms with Gasteiger partial charge < -0.3 is 10.1 Å². The minimum Gasteiger partial charge on any atom is -0.462 e. The summed E-state index contributed by atoms with van der Waals surface area (Å²) >= 11 is 0. The lowest BCUT2D eigenvalue weighted by Gasteiger charge is -2.09. The molecule has 0 fully saturated rings. The highest BCUT2D eigenvalue weighted by atomic mass is 16.6. The Hall–Kier alpha value is -3.22. The van der Waals surface area contributed by atoms with E-state index < -0.39 is 16.8 Å². The fraction of sp³-hybridized carbons (Fsp3) is 0.263. The maximum Gasteiger partial charge on any atom is 0.338 e. The molecule has 2 aromatic rings. The summed E-state index contributed by atoms with van der Waals surface area (Å²) in [5.41, 5.74) is 1.59. The zero-order chi connectivity index (χ0) is 19.3. The van der Waals surface area contributed by atoms with E-state index in [2.05, 4.69) is 5.32 Å². The van der Waals surface area contributed by atoms with Gasteiger partial charge in [-0.2, -0.15) is 0 Å². The average molecular weight is 356 g/mol. The largest absolute Gasteiger partial charge is 0.462 e. The number of aryl methyl sites for hydroxylation is 1. The maximum absolute atomic E-state index is 12.3. The first-order valence-corrected chi connectivity index (χ1v) is 8.11. The van der Waals surface area contributed by atoms with Crippen LogP contribution in [0.25, 0.3) is 0 Å². The van der Waals surface area contributed by atoms with E-state index >= 15 is 0 Å². The molecule has 0 aliphatic rings. The van der Waals surface area contributed by atoms with E-state index in [1.807, 2.05) is 13.8 Å². The molecule has 0 aliphatic carbocycles. The number of rotatable bonds is 6. The van der Waals surface area contributed by atoms with Crippen molar-refractivity contribution >= 4 is 23.3 Å². The van der Waals surface area contributed by atoms with E-state index in [4.69, 9.17) is 4.74 Å². The molecule has 0 unspecified atom stereocenters. The van der Waals surface area contributed by atoms with Crippen molar-refractivity contribution < 1.29 is 19.2 Å². The van der Waals surface area contributed by atoms with Crippen LogP contribution in [0, 0.1) is 23.0 Å². The van der Waals surface area contributed by atoms with Gasteiger partial charge in [-0.1, -0.05) is 13.8 Å². The van der Waals surface area contributed by atoms with Gasteiger partial charge in [0.05, 0.1) is 17.1 Å². The molecule has 7 heteroatoms. The molecule has 0 atom stereocenters. The molecule has 0 heterocycles. The van der Waals surface area contributed by atoms with Crippen LogP contribution in [-0.4, -0.2) is 23.4 Å². The number of carbonyl (C=O) groups excluding carboxylic acids is 2. The van der Waals surface area contributed by atoms with Crippen molar-refractivity contribution in [3.8, 4) is 0 Å². The highest BCUT2D eigenvalue weighted by Gasteiger charge is 2.14. The number of nitro groups is 1. The summed E-state index contributed by atoms with van der Waals surface area (Å²) in [4.78, 5) is 34.5. The quantitative estimate of drug-likeness (QED) is 0.480. The number of carbonyl (C=O) groups is 2. The monoisotopic (exact) mass is 356 g/mol. The van der Waals surface area contributed by atoms with Crippen molar-refractivity contribution in [2.75, 3.05) is 11.9 Å². The van der Waals surface area contributed by atoms with Gasteiger partial charge in [0.25, 0.3) is 11.6 Å². The Morgan fingerprint density at radius 2 is 1.73 bits per heavy atom. The van der Waals surface area contributed by atoms with Crippen molar-refractivity contribution in [1.29, 1.82) is 0 Å². The molecular weight excluding hydrogens is 336 g/mol. The first-order chi connectivity index (χ1) is 12.3. The lowest BCUT2D eigenvalue weighted by atomic mass is 10.1. The molecule has 2 aromatic carbocycles. The molecule has 0 saturated carbocycles. The van der Waals surface area contributed by atoms with Crippen molar-refractivity contribution in [2.45, 2.75) is 20.8 Å². The van der Waals surface area contributed by atoms with E-state index in [0.29, 0.717) is 29.0 Å². The fourth-order valence-electron chi connectivity index (χ4n) is 2.22. The summed E-state index contributed by atoms with van der Waals surface area (Å²) < 4.78 is 5.14. The second-order valence-electron chi connectivity index (χ2n) is 6.28. The molecule has 7 nitrogen and oxygen atoms in total. The van der Waals surface area contributed by atoms with Crippen molar-refractivity contribution in [3.63, 3.8) is 0 Å². The van der Waals surface area contributed by atoms with Crippen LogP contribution in [0.4, 0.5) is 11.4 Å². The van der Waals surface area contributed by atoms with Gasteiger partial charge in [0, 0.05) is 22.9 Å². The summed E-state index contributed by atoms with van der Waals surface area (Å²) in [5.74, 6) is -0.552. The molecule has 2 rings (SSSR count). The van der Waals surface area contributed by atoms with Crippen LogP contribution in [0.5, 0.6) is 0 Å². The van der Waals surface area contributed by atoms with Gasteiger partial charge in [-0.3, -0.25) is 14.9 Å². The first kappa shape index (κ1) is 19.1. The molecule has 26 heavy (non-hydrogen) atoms. The number of hydrogen-bond donors (Lipinski definition) is 1. The fourth-order valence-corrected chi connectivity index (χ4v) is 2.22. The Kier molecular flexibility index (Phi) is 6.06. The SMILES string of the molecule is Cc1cc(C(=O)Nc2ccc(C(=O)OCC(C)C)cc2)ccc1[N+](=O)[O-]. The second-order valence-corrected chi connectivity index (χ2v) is 6.28. The highest BCUT2D eigenvalue weighted by molar-refractivity contribution is 6.04. The van der Waals surface area contributed by atoms with Gasteiger partial charge in [0.15, 0.2) is 0 Å². The maximum atomic E-state index is 12.3. The molecule has 0 aromatic heterocycles. The van der Waals surface area contributed by atoms with Crippen LogP contribution in [0.15, 0.2) is 42.5 Å². The third-order valence-electron chi connectivity index (χ3n) is 3.58. The predicted octanol–water partition coefficient (Wildman–Crippen LogP) is 3.97. The van der Waals surface area contributed by atoms with Gasteiger partial charge in [0.2, 0.25) is 0 Å². The molecule has 0 saturated heterocycles. The number of esters is 1.